The second-order valence-electron chi connectivity index (χ2n) is 4.20. The van der Waals surface area contributed by atoms with Gasteiger partial charge in [-0.15, -0.1) is 0 Å². The van der Waals surface area contributed by atoms with Crippen molar-refractivity contribution in [3.8, 4) is 11.5 Å². The zero-order valence-electron chi connectivity index (χ0n) is 12.1. The molecular weight excluding hydrogens is 290 g/mol. The predicted octanol–water partition coefficient (Wildman–Crippen LogP) is 2.46. The number of furan rings is 1. The Morgan fingerprint density at radius 3 is 2.77 bits per heavy atom. The SMILES string of the molecule is COC(=O)c1ccc(COc2ccc(/C=N\O)cc2OC)o1. The van der Waals surface area contributed by atoms with Crippen molar-refractivity contribution in [3.63, 3.8) is 0 Å². The summed E-state index contributed by atoms with van der Waals surface area (Å²) in [5.41, 5.74) is 0.665. The summed E-state index contributed by atoms with van der Waals surface area (Å²) in [6.07, 6.45) is 1.28. The highest BCUT2D eigenvalue weighted by molar-refractivity contribution is 5.86. The maximum atomic E-state index is 11.3. The molecule has 7 heteroatoms. The standard InChI is InChI=1S/C15H15NO6/c1-19-14-7-10(8-16-18)3-5-12(14)21-9-11-4-6-13(22-11)15(17)20-2/h3-8,18H,9H2,1-2H3/b16-8-. The van der Waals surface area contributed by atoms with E-state index in [2.05, 4.69) is 9.89 Å². The highest BCUT2D eigenvalue weighted by atomic mass is 16.5. The first-order valence-corrected chi connectivity index (χ1v) is 6.33. The van der Waals surface area contributed by atoms with E-state index in [1.807, 2.05) is 0 Å². The Morgan fingerprint density at radius 2 is 2.09 bits per heavy atom. The predicted molar refractivity (Wildman–Crippen MR) is 76.8 cm³/mol. The van der Waals surface area contributed by atoms with E-state index >= 15 is 0 Å². The fourth-order valence-electron chi connectivity index (χ4n) is 1.77. The number of nitrogens with zero attached hydrogens (tertiary/aromatic N) is 1. The van der Waals surface area contributed by atoms with Crippen molar-refractivity contribution in [2.45, 2.75) is 6.61 Å². The van der Waals surface area contributed by atoms with Crippen LogP contribution < -0.4 is 9.47 Å². The van der Waals surface area contributed by atoms with Gasteiger partial charge in [0.15, 0.2) is 11.5 Å². The fourth-order valence-corrected chi connectivity index (χ4v) is 1.77. The molecule has 0 spiro atoms. The largest absolute Gasteiger partial charge is 0.493 e. The van der Waals surface area contributed by atoms with E-state index in [1.165, 1.54) is 26.5 Å². The van der Waals surface area contributed by atoms with Gasteiger partial charge in [0.1, 0.15) is 12.4 Å². The molecule has 0 saturated carbocycles. The van der Waals surface area contributed by atoms with Gasteiger partial charge in [-0.05, 0) is 30.3 Å². The van der Waals surface area contributed by atoms with Gasteiger partial charge in [-0.3, -0.25) is 0 Å². The van der Waals surface area contributed by atoms with Crippen LogP contribution in [0.25, 0.3) is 0 Å². The van der Waals surface area contributed by atoms with Crippen LogP contribution in [0, 0.1) is 0 Å². The van der Waals surface area contributed by atoms with Crippen molar-refractivity contribution in [3.05, 3.63) is 47.4 Å². The number of benzene rings is 1. The van der Waals surface area contributed by atoms with Crippen molar-refractivity contribution >= 4 is 12.2 Å². The smallest absolute Gasteiger partial charge is 0.373 e. The molecule has 0 saturated heterocycles. The lowest BCUT2D eigenvalue weighted by atomic mass is 10.2. The topological polar surface area (TPSA) is 90.5 Å². The molecule has 0 aliphatic carbocycles. The number of ether oxygens (including phenoxy) is 3. The van der Waals surface area contributed by atoms with Crippen molar-refractivity contribution in [1.82, 2.24) is 0 Å². The molecule has 0 fully saturated rings. The number of carbonyl (C=O) groups is 1. The summed E-state index contributed by atoms with van der Waals surface area (Å²) in [4.78, 5) is 11.3. The molecule has 0 atom stereocenters. The number of carbonyl (C=O) groups excluding carboxylic acids is 1. The summed E-state index contributed by atoms with van der Waals surface area (Å²) in [7, 11) is 2.79. The van der Waals surface area contributed by atoms with Crippen LogP contribution in [0.1, 0.15) is 21.9 Å². The van der Waals surface area contributed by atoms with E-state index in [0.29, 0.717) is 22.8 Å². The average Bonchev–Trinajstić information content (AvgIpc) is 3.02. The van der Waals surface area contributed by atoms with Gasteiger partial charge in [-0.25, -0.2) is 4.79 Å². The lowest BCUT2D eigenvalue weighted by molar-refractivity contribution is 0.0561. The molecule has 1 heterocycles. The van der Waals surface area contributed by atoms with Crippen molar-refractivity contribution in [2.24, 2.45) is 5.16 Å². The second-order valence-corrected chi connectivity index (χ2v) is 4.20. The van der Waals surface area contributed by atoms with Crippen LogP contribution in [0.3, 0.4) is 0 Å². The average molecular weight is 305 g/mol. The first kappa shape index (κ1) is 15.4. The van der Waals surface area contributed by atoms with E-state index in [-0.39, 0.29) is 12.4 Å². The van der Waals surface area contributed by atoms with Gasteiger partial charge in [0, 0.05) is 5.56 Å². The zero-order valence-corrected chi connectivity index (χ0v) is 12.1. The van der Waals surface area contributed by atoms with E-state index < -0.39 is 5.97 Å². The minimum atomic E-state index is -0.545. The van der Waals surface area contributed by atoms with E-state index in [0.717, 1.165) is 0 Å². The minimum Gasteiger partial charge on any atom is -0.493 e. The normalized spacial score (nSPS) is 10.6. The summed E-state index contributed by atoms with van der Waals surface area (Å²) in [6, 6.07) is 8.20. The summed E-state index contributed by atoms with van der Waals surface area (Å²) in [5, 5.41) is 11.5. The number of hydrogen-bond donors (Lipinski definition) is 1. The molecule has 2 rings (SSSR count). The molecule has 0 aliphatic rings. The zero-order chi connectivity index (χ0) is 15.9. The molecule has 0 radical (unpaired) electrons. The van der Waals surface area contributed by atoms with Crippen LogP contribution in [-0.2, 0) is 11.3 Å². The van der Waals surface area contributed by atoms with Crippen molar-refractivity contribution < 1.29 is 28.6 Å². The third-order valence-corrected chi connectivity index (χ3v) is 2.81. The molecule has 0 amide bonds. The summed E-state index contributed by atoms with van der Waals surface area (Å²) >= 11 is 0. The molecule has 22 heavy (non-hydrogen) atoms. The lowest BCUT2D eigenvalue weighted by Crippen LogP contribution is -1.99. The first-order chi connectivity index (χ1) is 10.7. The molecule has 0 aliphatic heterocycles. The highest BCUT2D eigenvalue weighted by Crippen LogP contribution is 2.28. The Balaban J connectivity index is 2.07. The molecule has 7 nitrogen and oxygen atoms in total. The lowest BCUT2D eigenvalue weighted by Gasteiger charge is -2.10. The number of rotatable bonds is 6. The van der Waals surface area contributed by atoms with Crippen LogP contribution in [0.4, 0.5) is 0 Å². The van der Waals surface area contributed by atoms with Gasteiger partial charge in [-0.2, -0.15) is 0 Å². The second kappa shape index (κ2) is 7.16. The Labute approximate surface area is 126 Å². The Morgan fingerprint density at radius 1 is 1.27 bits per heavy atom. The number of esters is 1. The Hall–Kier alpha value is -2.96. The first-order valence-electron chi connectivity index (χ1n) is 6.33. The molecule has 0 bridgehead atoms. The molecular formula is C15H15NO6. The quantitative estimate of drug-likeness (QED) is 0.381. The van der Waals surface area contributed by atoms with Gasteiger partial charge in [0.25, 0.3) is 0 Å². The van der Waals surface area contributed by atoms with Crippen LogP contribution >= 0.6 is 0 Å². The van der Waals surface area contributed by atoms with Crippen LogP contribution in [0.5, 0.6) is 11.5 Å². The van der Waals surface area contributed by atoms with E-state index in [1.54, 1.807) is 24.3 Å². The third-order valence-electron chi connectivity index (χ3n) is 2.81. The number of hydrogen-bond acceptors (Lipinski definition) is 7. The van der Waals surface area contributed by atoms with Crippen molar-refractivity contribution in [2.75, 3.05) is 14.2 Å². The molecule has 0 unspecified atom stereocenters. The van der Waals surface area contributed by atoms with Gasteiger partial charge >= 0.3 is 5.97 Å². The van der Waals surface area contributed by atoms with E-state index in [4.69, 9.17) is 19.1 Å². The summed E-state index contributed by atoms with van der Waals surface area (Å²) in [5.74, 6) is 1.02. The molecule has 2 aromatic rings. The Bertz CT molecular complexity index is 676. The molecule has 1 aromatic carbocycles. The van der Waals surface area contributed by atoms with Gasteiger partial charge in [0.2, 0.25) is 5.76 Å². The number of methoxy groups -OCH3 is 2. The van der Waals surface area contributed by atoms with Gasteiger partial charge in [0.05, 0.1) is 20.4 Å². The van der Waals surface area contributed by atoms with Gasteiger partial charge < -0.3 is 23.8 Å². The van der Waals surface area contributed by atoms with Crippen LogP contribution in [0.2, 0.25) is 0 Å². The Kier molecular flexibility index (Phi) is 5.02. The molecule has 116 valence electrons. The monoisotopic (exact) mass is 305 g/mol. The fraction of sp³-hybridized carbons (Fsp3) is 0.200. The third kappa shape index (κ3) is 3.57. The minimum absolute atomic E-state index is 0.113. The van der Waals surface area contributed by atoms with Gasteiger partial charge in [-0.1, -0.05) is 5.16 Å². The summed E-state index contributed by atoms with van der Waals surface area (Å²) < 4.78 is 20.7. The molecule has 1 aromatic heterocycles. The van der Waals surface area contributed by atoms with Crippen molar-refractivity contribution in [1.29, 1.82) is 0 Å². The highest BCUT2D eigenvalue weighted by Gasteiger charge is 2.12. The maximum Gasteiger partial charge on any atom is 0.373 e. The van der Waals surface area contributed by atoms with E-state index in [9.17, 15) is 4.79 Å². The summed E-state index contributed by atoms with van der Waals surface area (Å²) in [6.45, 7) is 0.126. The maximum absolute atomic E-state index is 11.3. The molecule has 1 N–H and O–H groups in total. The van der Waals surface area contributed by atoms with Crippen LogP contribution in [-0.4, -0.2) is 31.6 Å². The van der Waals surface area contributed by atoms with Crippen LogP contribution in [0.15, 0.2) is 39.9 Å². The number of oxime groups is 1.